The fourth-order valence-corrected chi connectivity index (χ4v) is 2.70. The number of carbonyl (C=O) groups is 1. The highest BCUT2D eigenvalue weighted by atomic mass is 16.5. The van der Waals surface area contributed by atoms with E-state index >= 15 is 0 Å². The van der Waals surface area contributed by atoms with E-state index in [0.29, 0.717) is 18.1 Å². The van der Waals surface area contributed by atoms with Gasteiger partial charge >= 0.3 is 0 Å². The van der Waals surface area contributed by atoms with Crippen LogP contribution in [0.4, 0.5) is 5.82 Å². The molecule has 0 aromatic carbocycles. The number of carbonyl (C=O) groups excluding carboxylic acids is 1. The van der Waals surface area contributed by atoms with Crippen molar-refractivity contribution < 1.29 is 9.32 Å². The lowest BCUT2D eigenvalue weighted by atomic mass is 10.2. The lowest BCUT2D eigenvalue weighted by Gasteiger charge is -2.35. The summed E-state index contributed by atoms with van der Waals surface area (Å²) in [5.74, 6) is 2.54. The van der Waals surface area contributed by atoms with E-state index in [1.807, 2.05) is 37.8 Å². The molecule has 1 aliphatic rings. The summed E-state index contributed by atoms with van der Waals surface area (Å²) in [6, 6.07) is 3.93. The first kappa shape index (κ1) is 16.4. The summed E-state index contributed by atoms with van der Waals surface area (Å²) < 4.78 is 5.24. The number of hydrogen-bond acceptors (Lipinski definition) is 6. The lowest BCUT2D eigenvalue weighted by molar-refractivity contribution is -0.131. The van der Waals surface area contributed by atoms with Crippen LogP contribution in [-0.4, -0.2) is 52.1 Å². The maximum absolute atomic E-state index is 11.7. The van der Waals surface area contributed by atoms with Crippen LogP contribution in [0.2, 0.25) is 0 Å². The van der Waals surface area contributed by atoms with Gasteiger partial charge in [-0.1, -0.05) is 25.9 Å². The van der Waals surface area contributed by atoms with Crippen molar-refractivity contribution in [2.75, 3.05) is 31.1 Å². The first-order chi connectivity index (χ1) is 11.6. The van der Waals surface area contributed by atoms with E-state index in [9.17, 15) is 4.79 Å². The molecule has 0 aliphatic carbocycles. The molecule has 0 spiro atoms. The second-order valence-corrected chi connectivity index (χ2v) is 6.24. The van der Waals surface area contributed by atoms with Crippen molar-refractivity contribution in [3.05, 3.63) is 24.2 Å². The Morgan fingerprint density at radius 2 is 2.00 bits per heavy atom. The molecule has 0 N–H and O–H groups in total. The Morgan fingerprint density at radius 3 is 2.54 bits per heavy atom. The van der Waals surface area contributed by atoms with Crippen molar-refractivity contribution in [2.45, 2.75) is 33.1 Å². The second-order valence-electron chi connectivity index (χ2n) is 6.24. The first-order valence-electron chi connectivity index (χ1n) is 8.41. The molecule has 0 saturated carbocycles. The van der Waals surface area contributed by atoms with Gasteiger partial charge in [-0.3, -0.25) is 4.79 Å². The Bertz CT molecular complexity index is 687. The molecule has 0 unspecified atom stereocenters. The van der Waals surface area contributed by atoms with Crippen LogP contribution in [0.3, 0.4) is 0 Å². The summed E-state index contributed by atoms with van der Waals surface area (Å²) in [5, 5.41) is 4.00. The van der Waals surface area contributed by atoms with Crippen LogP contribution in [0.15, 0.2) is 22.9 Å². The molecule has 1 fully saturated rings. The van der Waals surface area contributed by atoms with E-state index in [2.05, 4.69) is 20.0 Å². The van der Waals surface area contributed by atoms with Gasteiger partial charge < -0.3 is 14.3 Å². The highest BCUT2D eigenvalue weighted by Crippen LogP contribution is 2.21. The summed E-state index contributed by atoms with van der Waals surface area (Å²) >= 11 is 0. The molecular formula is C17H23N5O2. The summed E-state index contributed by atoms with van der Waals surface area (Å²) in [4.78, 5) is 24.7. The van der Waals surface area contributed by atoms with E-state index < -0.39 is 0 Å². The Balaban J connectivity index is 1.65. The standard InChI is InChI=1S/C17H23N5O2/c1-4-15(23)22-9-7-21(8-10-22)14-6-5-13(11-18-14)16-19-17(12(2)3)24-20-16/h5-6,11-12H,4,7-10H2,1-3H3. The Hall–Kier alpha value is -2.44. The molecule has 7 nitrogen and oxygen atoms in total. The van der Waals surface area contributed by atoms with Crippen LogP contribution in [0.25, 0.3) is 11.4 Å². The Kier molecular flexibility index (Phi) is 4.78. The monoisotopic (exact) mass is 329 g/mol. The van der Waals surface area contributed by atoms with Gasteiger partial charge in [-0.2, -0.15) is 4.98 Å². The molecule has 128 valence electrons. The van der Waals surface area contributed by atoms with Crippen LogP contribution in [0.5, 0.6) is 0 Å². The number of rotatable bonds is 4. The summed E-state index contributed by atoms with van der Waals surface area (Å²) in [7, 11) is 0. The van der Waals surface area contributed by atoms with Crippen molar-refractivity contribution in [3.63, 3.8) is 0 Å². The van der Waals surface area contributed by atoms with E-state index in [4.69, 9.17) is 4.52 Å². The van der Waals surface area contributed by atoms with Gasteiger partial charge in [0.25, 0.3) is 0 Å². The highest BCUT2D eigenvalue weighted by Gasteiger charge is 2.21. The van der Waals surface area contributed by atoms with Gasteiger partial charge in [0, 0.05) is 50.3 Å². The third kappa shape index (κ3) is 3.39. The predicted molar refractivity (Wildman–Crippen MR) is 90.7 cm³/mol. The van der Waals surface area contributed by atoms with Crippen molar-refractivity contribution in [1.29, 1.82) is 0 Å². The van der Waals surface area contributed by atoms with Crippen molar-refractivity contribution >= 4 is 11.7 Å². The highest BCUT2D eigenvalue weighted by molar-refractivity contribution is 5.76. The van der Waals surface area contributed by atoms with E-state index in [-0.39, 0.29) is 11.8 Å². The molecule has 3 heterocycles. The minimum absolute atomic E-state index is 0.209. The number of nitrogens with zero attached hydrogens (tertiary/aromatic N) is 5. The summed E-state index contributed by atoms with van der Waals surface area (Å²) in [6.07, 6.45) is 2.34. The fourth-order valence-electron chi connectivity index (χ4n) is 2.70. The van der Waals surface area contributed by atoms with E-state index in [1.54, 1.807) is 6.20 Å². The largest absolute Gasteiger partial charge is 0.353 e. The van der Waals surface area contributed by atoms with Crippen LogP contribution < -0.4 is 4.90 Å². The summed E-state index contributed by atoms with van der Waals surface area (Å²) in [5.41, 5.74) is 0.842. The molecule has 2 aromatic heterocycles. The Morgan fingerprint density at radius 1 is 1.25 bits per heavy atom. The second kappa shape index (κ2) is 6.98. The minimum atomic E-state index is 0.209. The zero-order valence-corrected chi connectivity index (χ0v) is 14.4. The third-order valence-corrected chi connectivity index (χ3v) is 4.20. The SMILES string of the molecule is CCC(=O)N1CCN(c2ccc(-c3noc(C(C)C)n3)cn2)CC1. The molecule has 1 saturated heterocycles. The normalized spacial score (nSPS) is 15.2. The van der Waals surface area contributed by atoms with Gasteiger partial charge in [-0.15, -0.1) is 0 Å². The van der Waals surface area contributed by atoms with Gasteiger partial charge in [-0.25, -0.2) is 4.98 Å². The quantitative estimate of drug-likeness (QED) is 0.857. The smallest absolute Gasteiger partial charge is 0.229 e. The Labute approximate surface area is 141 Å². The average Bonchev–Trinajstić information content (AvgIpc) is 3.12. The number of piperazine rings is 1. The predicted octanol–water partition coefficient (Wildman–Crippen LogP) is 2.31. The maximum atomic E-state index is 11.7. The van der Waals surface area contributed by atoms with Crippen molar-refractivity contribution in [3.8, 4) is 11.4 Å². The van der Waals surface area contributed by atoms with Crippen LogP contribution in [0, 0.1) is 0 Å². The van der Waals surface area contributed by atoms with Crippen molar-refractivity contribution in [1.82, 2.24) is 20.0 Å². The molecule has 24 heavy (non-hydrogen) atoms. The maximum Gasteiger partial charge on any atom is 0.229 e. The van der Waals surface area contributed by atoms with Crippen LogP contribution in [0.1, 0.15) is 39.0 Å². The number of anilines is 1. The van der Waals surface area contributed by atoms with Crippen LogP contribution in [-0.2, 0) is 4.79 Å². The summed E-state index contributed by atoms with van der Waals surface area (Å²) in [6.45, 7) is 9.04. The minimum Gasteiger partial charge on any atom is -0.353 e. The molecule has 0 bridgehead atoms. The van der Waals surface area contributed by atoms with Gasteiger partial charge in [-0.05, 0) is 12.1 Å². The van der Waals surface area contributed by atoms with E-state index in [0.717, 1.165) is 37.6 Å². The zero-order chi connectivity index (χ0) is 17.1. The topological polar surface area (TPSA) is 75.4 Å². The average molecular weight is 329 g/mol. The van der Waals surface area contributed by atoms with Crippen LogP contribution >= 0.6 is 0 Å². The number of amides is 1. The lowest BCUT2D eigenvalue weighted by Crippen LogP contribution is -2.48. The number of aromatic nitrogens is 3. The van der Waals surface area contributed by atoms with Gasteiger partial charge in [0.2, 0.25) is 17.6 Å². The van der Waals surface area contributed by atoms with Crippen molar-refractivity contribution in [2.24, 2.45) is 0 Å². The third-order valence-electron chi connectivity index (χ3n) is 4.20. The number of pyridine rings is 1. The molecule has 1 amide bonds. The fraction of sp³-hybridized carbons (Fsp3) is 0.529. The molecule has 3 rings (SSSR count). The number of hydrogen-bond donors (Lipinski definition) is 0. The zero-order valence-electron chi connectivity index (χ0n) is 14.4. The molecule has 1 aliphatic heterocycles. The van der Waals surface area contributed by atoms with Gasteiger partial charge in [0.15, 0.2) is 0 Å². The molecular weight excluding hydrogens is 306 g/mol. The molecule has 0 atom stereocenters. The van der Waals surface area contributed by atoms with Gasteiger partial charge in [0.05, 0.1) is 0 Å². The molecule has 2 aromatic rings. The first-order valence-corrected chi connectivity index (χ1v) is 8.41. The van der Waals surface area contributed by atoms with Gasteiger partial charge in [0.1, 0.15) is 5.82 Å². The molecule has 0 radical (unpaired) electrons. The van der Waals surface area contributed by atoms with E-state index in [1.165, 1.54) is 0 Å². The molecule has 7 heteroatoms.